The summed E-state index contributed by atoms with van der Waals surface area (Å²) < 4.78 is 68.6. The Kier molecular flexibility index (Phi) is 23.5. The molecule has 0 aliphatic rings. The van der Waals surface area contributed by atoms with Crippen molar-refractivity contribution in [3.05, 3.63) is 20.9 Å². The Labute approximate surface area is 256 Å². The lowest BCUT2D eigenvalue weighted by Gasteiger charge is -2.32. The lowest BCUT2D eigenvalue weighted by molar-refractivity contribution is -0.0519. The number of hydrogen-bond acceptors (Lipinski definition) is 9. The summed E-state index contributed by atoms with van der Waals surface area (Å²) in [6, 6.07) is -1.90. The summed E-state index contributed by atoms with van der Waals surface area (Å²) in [5, 5.41) is 16.8. The zero-order chi connectivity index (χ0) is 31.8. The van der Waals surface area contributed by atoms with Gasteiger partial charge in [-0.3, -0.25) is 0 Å². The minimum Gasteiger partial charge on any atom is -0.444 e. The third-order valence-electron chi connectivity index (χ3n) is 4.45. The van der Waals surface area contributed by atoms with Crippen LogP contribution < -0.4 is 5.32 Å². The van der Waals surface area contributed by atoms with E-state index in [9.17, 15) is 27.2 Å². The Hall–Kier alpha value is -2.50. The molecule has 0 aromatic heterocycles. The van der Waals surface area contributed by atoms with Crippen molar-refractivity contribution in [1.82, 2.24) is 10.2 Å². The Morgan fingerprint density at radius 1 is 0.905 bits per heavy atom. The summed E-state index contributed by atoms with van der Waals surface area (Å²) in [6.07, 6.45) is -3.35. The van der Waals surface area contributed by atoms with Crippen LogP contribution in [-0.2, 0) is 14.2 Å². The molecule has 0 aliphatic heterocycles. The van der Waals surface area contributed by atoms with E-state index in [-0.39, 0.29) is 33.6 Å². The van der Waals surface area contributed by atoms with E-state index in [1.807, 2.05) is 0 Å². The van der Waals surface area contributed by atoms with Crippen LogP contribution in [0.2, 0.25) is 0 Å². The molecule has 0 aromatic carbocycles. The fourth-order valence-corrected chi connectivity index (χ4v) is 2.60. The summed E-state index contributed by atoms with van der Waals surface area (Å²) in [7, 11) is 2.73. The first-order chi connectivity index (χ1) is 18.1. The molecule has 0 saturated carbocycles. The van der Waals surface area contributed by atoms with Crippen molar-refractivity contribution in [2.24, 2.45) is 10.2 Å². The Bertz CT molecular complexity index is 893. The highest BCUT2D eigenvalue weighted by atomic mass is 32.1. The van der Waals surface area contributed by atoms with E-state index in [0.717, 1.165) is 4.90 Å². The molecule has 0 spiro atoms. The molecule has 0 heterocycles. The van der Waals surface area contributed by atoms with Gasteiger partial charge in [-0.25, -0.2) is 27.2 Å². The fourth-order valence-electron chi connectivity index (χ4n) is 2.60. The number of amides is 1. The number of azide groups is 2. The quantitative estimate of drug-likeness (QED) is 0.0841. The summed E-state index contributed by atoms with van der Waals surface area (Å²) in [6.45, 7) is 6.85. The van der Waals surface area contributed by atoms with Crippen LogP contribution in [0.5, 0.6) is 0 Å². The van der Waals surface area contributed by atoms with Crippen molar-refractivity contribution in [3.8, 4) is 0 Å². The predicted molar refractivity (Wildman–Crippen MR) is 158 cm³/mol. The van der Waals surface area contributed by atoms with Crippen molar-refractivity contribution in [1.29, 1.82) is 0 Å². The molecule has 248 valence electrons. The van der Waals surface area contributed by atoms with E-state index in [1.54, 1.807) is 41.5 Å². The van der Waals surface area contributed by atoms with Crippen molar-refractivity contribution < 1.29 is 46.5 Å². The van der Waals surface area contributed by atoms with Gasteiger partial charge >= 0.3 is 12.2 Å². The third-order valence-corrected chi connectivity index (χ3v) is 4.45. The topological polar surface area (TPSA) is 195 Å². The first kappa shape index (κ1) is 46.5. The average molecular weight is 657 g/mol. The fraction of sp³-hybridized carbons (Fsp3) is 0.909. The molecule has 14 nitrogen and oxygen atoms in total. The first-order valence-electron chi connectivity index (χ1n) is 12.0. The van der Waals surface area contributed by atoms with Crippen LogP contribution in [0.25, 0.3) is 20.9 Å². The zero-order valence-corrected chi connectivity index (χ0v) is 27.0. The van der Waals surface area contributed by atoms with E-state index in [2.05, 4.69) is 25.4 Å². The van der Waals surface area contributed by atoms with Crippen LogP contribution >= 0.6 is 27.0 Å². The number of likely N-dealkylation sites (N-methyl/N-ethyl adjacent to an activating group) is 2. The summed E-state index contributed by atoms with van der Waals surface area (Å²) >= 11 is 0. The standard InChI is InChI=1S/C16H28F2N4O5.C6H12F2N4O.2H2S/c1-14(2,3)26-12(23)22(7)11(8-16(17,18)10-20-21-19)9-25-13(24)27-15(4,5)6;1-10-5(3-13)2-6(7,8)4-11-12-9;;/h11H,8-10H2,1-7H3;5,10,13H,2-4H2,1H3;2*1H2/t11-;5-;;/m00../s1. The van der Waals surface area contributed by atoms with Crippen LogP contribution in [-0.4, -0.2) is 97.8 Å². The van der Waals surface area contributed by atoms with Crippen LogP contribution in [0.3, 0.4) is 0 Å². The molecule has 0 fully saturated rings. The van der Waals surface area contributed by atoms with E-state index in [0.29, 0.717) is 0 Å². The number of carbonyl (C=O) groups is 2. The van der Waals surface area contributed by atoms with Gasteiger partial charge in [-0.1, -0.05) is 10.2 Å². The van der Waals surface area contributed by atoms with E-state index in [1.165, 1.54) is 14.1 Å². The van der Waals surface area contributed by atoms with Gasteiger partial charge < -0.3 is 29.5 Å². The molecule has 20 heteroatoms. The lowest BCUT2D eigenvalue weighted by atomic mass is 10.1. The molecule has 0 bridgehead atoms. The lowest BCUT2D eigenvalue weighted by Crippen LogP contribution is -2.46. The molecule has 2 N–H and O–H groups in total. The molecule has 0 aliphatic carbocycles. The smallest absolute Gasteiger partial charge is 0.444 e. The van der Waals surface area contributed by atoms with Gasteiger partial charge in [0, 0.05) is 35.8 Å². The number of alkyl halides is 4. The number of halogens is 4. The Morgan fingerprint density at radius 2 is 1.33 bits per heavy atom. The van der Waals surface area contributed by atoms with Crippen molar-refractivity contribution in [2.75, 3.05) is 40.4 Å². The average Bonchev–Trinajstić information content (AvgIpc) is 2.80. The van der Waals surface area contributed by atoms with E-state index < -0.39 is 79.9 Å². The summed E-state index contributed by atoms with van der Waals surface area (Å²) in [5.41, 5.74) is 14.4. The van der Waals surface area contributed by atoms with Gasteiger partial charge in [0.15, 0.2) is 0 Å². The molecular formula is C22H44F4N8O6S2. The largest absolute Gasteiger partial charge is 0.508 e. The maximum atomic E-state index is 14.0. The number of ether oxygens (including phenoxy) is 3. The van der Waals surface area contributed by atoms with Crippen molar-refractivity contribution >= 4 is 39.2 Å². The highest BCUT2D eigenvalue weighted by Gasteiger charge is 2.37. The third kappa shape index (κ3) is 25.2. The van der Waals surface area contributed by atoms with Gasteiger partial charge in [0.2, 0.25) is 0 Å². The first-order valence-corrected chi connectivity index (χ1v) is 12.0. The molecular weight excluding hydrogens is 612 g/mol. The van der Waals surface area contributed by atoms with Crippen LogP contribution in [0.15, 0.2) is 10.2 Å². The maximum Gasteiger partial charge on any atom is 0.508 e. The Morgan fingerprint density at radius 3 is 1.69 bits per heavy atom. The Balaban J connectivity index is -0.000000408. The second-order valence-electron chi connectivity index (χ2n) is 10.6. The number of rotatable bonds is 13. The number of nitrogens with zero attached hydrogens (tertiary/aromatic N) is 7. The van der Waals surface area contributed by atoms with Gasteiger partial charge in [0.25, 0.3) is 11.8 Å². The highest BCUT2D eigenvalue weighted by Crippen LogP contribution is 2.25. The van der Waals surface area contributed by atoms with Gasteiger partial charge in [-0.05, 0) is 59.7 Å². The number of aliphatic hydroxyl groups is 1. The van der Waals surface area contributed by atoms with Crippen LogP contribution in [0.1, 0.15) is 54.4 Å². The SMILES string of the molecule is CN(C(=O)OC(C)(C)C)[C@H](COC(=O)OC(C)(C)C)CC(F)(F)CN=[N+]=[N-].CN[C@H](CO)CC(F)(F)CN=[N+]=[N-].S.S. The van der Waals surface area contributed by atoms with Gasteiger partial charge in [-0.15, -0.1) is 0 Å². The number of hydrogen-bond donors (Lipinski definition) is 2. The number of carbonyl (C=O) groups excluding carboxylic acids is 2. The number of nitrogens with one attached hydrogen (secondary N) is 1. The monoisotopic (exact) mass is 656 g/mol. The molecule has 0 saturated heterocycles. The minimum atomic E-state index is -3.41. The van der Waals surface area contributed by atoms with Crippen molar-refractivity contribution in [3.63, 3.8) is 0 Å². The molecule has 0 unspecified atom stereocenters. The normalized spacial score (nSPS) is 12.7. The highest BCUT2D eigenvalue weighted by molar-refractivity contribution is 7.59. The van der Waals surface area contributed by atoms with E-state index >= 15 is 0 Å². The maximum absolute atomic E-state index is 14.0. The number of aliphatic hydroxyl groups excluding tert-OH is 1. The van der Waals surface area contributed by atoms with Gasteiger partial charge in [0.1, 0.15) is 17.8 Å². The minimum absolute atomic E-state index is 0. The predicted octanol–water partition coefficient (Wildman–Crippen LogP) is 5.64. The molecule has 0 aromatic rings. The zero-order valence-electron chi connectivity index (χ0n) is 25.0. The van der Waals surface area contributed by atoms with Gasteiger partial charge in [0.05, 0.1) is 25.7 Å². The molecule has 0 rings (SSSR count). The molecule has 1 amide bonds. The van der Waals surface area contributed by atoms with Gasteiger partial charge in [-0.2, -0.15) is 27.0 Å². The second kappa shape index (κ2) is 21.2. The molecule has 0 radical (unpaired) electrons. The summed E-state index contributed by atoms with van der Waals surface area (Å²) in [4.78, 5) is 29.3. The van der Waals surface area contributed by atoms with Crippen LogP contribution in [0.4, 0.5) is 27.2 Å². The van der Waals surface area contributed by atoms with E-state index in [4.69, 9.17) is 30.4 Å². The molecule has 42 heavy (non-hydrogen) atoms. The summed E-state index contributed by atoms with van der Waals surface area (Å²) in [5.74, 6) is -6.48. The van der Waals surface area contributed by atoms with Crippen LogP contribution in [0, 0.1) is 0 Å². The molecule has 2 atom stereocenters. The van der Waals surface area contributed by atoms with Crippen molar-refractivity contribution in [2.45, 2.75) is 89.5 Å². The second-order valence-corrected chi connectivity index (χ2v) is 10.6.